The van der Waals surface area contributed by atoms with Gasteiger partial charge in [0.15, 0.2) is 0 Å². The van der Waals surface area contributed by atoms with Gasteiger partial charge in [0.2, 0.25) is 11.8 Å². The minimum absolute atomic E-state index is 0.0275. The van der Waals surface area contributed by atoms with E-state index in [0.717, 1.165) is 0 Å². The molecule has 1 aromatic rings. The number of ether oxygens (including phenoxy) is 1. The van der Waals surface area contributed by atoms with Crippen LogP contribution in [0.2, 0.25) is 0 Å². The van der Waals surface area contributed by atoms with Crippen LogP contribution in [-0.4, -0.2) is 64.1 Å². The summed E-state index contributed by atoms with van der Waals surface area (Å²) in [6, 6.07) is 2.65. The van der Waals surface area contributed by atoms with Crippen LogP contribution >= 0.6 is 11.8 Å². The number of thioether (sulfide) groups is 1. The van der Waals surface area contributed by atoms with Crippen LogP contribution in [0, 0.1) is 5.41 Å². The van der Waals surface area contributed by atoms with Gasteiger partial charge < -0.3 is 24.5 Å². The topological polar surface area (TPSA) is 126 Å². The Morgan fingerprint density at radius 1 is 1.50 bits per heavy atom. The van der Waals surface area contributed by atoms with Gasteiger partial charge in [-0.3, -0.25) is 19.2 Å². The summed E-state index contributed by atoms with van der Waals surface area (Å²) in [5.41, 5.74) is -1.34. The lowest BCUT2D eigenvalue weighted by atomic mass is 9.88. The smallest absolute Gasteiger partial charge is 0.315 e. The number of β-lactam (4-membered cyclic amide) rings is 1. The van der Waals surface area contributed by atoms with Crippen LogP contribution in [0.4, 0.5) is 0 Å². The Bertz CT molecular complexity index is 735. The summed E-state index contributed by atoms with van der Waals surface area (Å²) < 4.78 is 9.99. The quantitative estimate of drug-likeness (QED) is 0.514. The molecule has 0 spiro atoms. The molecule has 2 aliphatic heterocycles. The number of hydrogen-bond donors (Lipinski definition) is 2. The van der Waals surface area contributed by atoms with Crippen LogP contribution in [0.25, 0.3) is 0 Å². The van der Waals surface area contributed by atoms with Crippen molar-refractivity contribution in [3.63, 3.8) is 0 Å². The molecule has 26 heavy (non-hydrogen) atoms. The van der Waals surface area contributed by atoms with Gasteiger partial charge in [0.05, 0.1) is 12.7 Å². The monoisotopic (exact) mass is 382 g/mol. The Hall–Kier alpha value is -2.49. The van der Waals surface area contributed by atoms with E-state index < -0.39 is 23.4 Å². The molecular formula is C16H18N2O7S. The number of rotatable bonds is 6. The summed E-state index contributed by atoms with van der Waals surface area (Å²) in [5, 5.41) is 11.9. The lowest BCUT2D eigenvalue weighted by Gasteiger charge is -2.53. The molecular weight excluding hydrogens is 364 g/mol. The number of nitrogens with zero attached hydrogens (tertiary/aromatic N) is 1. The minimum atomic E-state index is -1.34. The van der Waals surface area contributed by atoms with Crippen molar-refractivity contribution in [2.75, 3.05) is 18.9 Å². The van der Waals surface area contributed by atoms with E-state index in [9.17, 15) is 24.3 Å². The predicted molar refractivity (Wildman–Crippen MR) is 89.0 cm³/mol. The van der Waals surface area contributed by atoms with Crippen molar-refractivity contribution < 1.29 is 33.4 Å². The lowest BCUT2D eigenvalue weighted by molar-refractivity contribution is -0.164. The molecule has 2 aliphatic rings. The molecule has 3 rings (SSSR count). The van der Waals surface area contributed by atoms with E-state index in [1.165, 1.54) is 29.8 Å². The number of esters is 1. The fraction of sp³-hybridized carbons (Fsp3) is 0.500. The van der Waals surface area contributed by atoms with Crippen LogP contribution in [0.5, 0.6) is 0 Å². The van der Waals surface area contributed by atoms with Gasteiger partial charge in [-0.1, -0.05) is 0 Å². The summed E-state index contributed by atoms with van der Waals surface area (Å²) in [5.74, 6) is -1.71. The number of carboxylic acids is 1. The summed E-state index contributed by atoms with van der Waals surface area (Å²) in [6.07, 6.45) is 1.49. The first-order chi connectivity index (χ1) is 12.3. The van der Waals surface area contributed by atoms with Crippen LogP contribution in [0.3, 0.4) is 0 Å². The van der Waals surface area contributed by atoms with E-state index in [1.54, 1.807) is 12.1 Å². The molecule has 9 nitrogen and oxygen atoms in total. The zero-order valence-electron chi connectivity index (χ0n) is 14.0. The summed E-state index contributed by atoms with van der Waals surface area (Å²) >= 11 is 1.26. The molecule has 2 unspecified atom stereocenters. The third kappa shape index (κ3) is 3.41. The van der Waals surface area contributed by atoms with Crippen LogP contribution < -0.4 is 5.32 Å². The fourth-order valence-electron chi connectivity index (χ4n) is 2.94. The standard InChI is InChI=1S/C16H18N2O7S/c1-9(19)25-7-16(15(22)23)6-18-13(21)12(14(18)26-8-16)17-11(20)5-10-3-2-4-24-10/h2-4,12,14H,5-8H2,1H3,(H,17,20)(H,22,23)/t12?,14-,16?/m1/s1. The number of amides is 2. The second kappa shape index (κ2) is 7.02. The highest BCUT2D eigenvalue weighted by atomic mass is 32.2. The molecule has 0 bridgehead atoms. The lowest BCUT2D eigenvalue weighted by Crippen LogP contribution is -2.74. The second-order valence-corrected chi connectivity index (χ2v) is 7.44. The molecule has 0 radical (unpaired) electrons. The molecule has 0 aromatic carbocycles. The summed E-state index contributed by atoms with van der Waals surface area (Å²) in [4.78, 5) is 48.5. The number of carbonyl (C=O) groups excluding carboxylic acids is 3. The summed E-state index contributed by atoms with van der Waals surface area (Å²) in [6.45, 7) is 0.848. The van der Waals surface area contributed by atoms with Gasteiger partial charge in [-0.05, 0) is 12.1 Å². The highest BCUT2D eigenvalue weighted by Crippen LogP contribution is 2.42. The van der Waals surface area contributed by atoms with Crippen molar-refractivity contribution in [1.29, 1.82) is 0 Å². The van der Waals surface area contributed by atoms with E-state index in [2.05, 4.69) is 5.32 Å². The molecule has 2 N–H and O–H groups in total. The maximum absolute atomic E-state index is 12.4. The highest BCUT2D eigenvalue weighted by Gasteiger charge is 2.57. The third-order valence-corrected chi connectivity index (χ3v) is 5.97. The first kappa shape index (κ1) is 18.3. The SMILES string of the molecule is CC(=O)OCC1(C(=O)O)CS[C@@H]2C(NC(=O)Cc3ccco3)C(=O)N2C1. The van der Waals surface area contributed by atoms with E-state index in [1.807, 2.05) is 0 Å². The van der Waals surface area contributed by atoms with Gasteiger partial charge in [-0.25, -0.2) is 0 Å². The maximum Gasteiger partial charge on any atom is 0.315 e. The second-order valence-electron chi connectivity index (χ2n) is 6.33. The molecule has 0 aliphatic carbocycles. The van der Waals surface area contributed by atoms with Crippen molar-refractivity contribution in [1.82, 2.24) is 10.2 Å². The first-order valence-corrected chi connectivity index (χ1v) is 8.98. The Labute approximate surface area is 153 Å². The molecule has 3 atom stereocenters. The number of carbonyl (C=O) groups is 4. The van der Waals surface area contributed by atoms with Gasteiger partial charge >= 0.3 is 11.9 Å². The van der Waals surface area contributed by atoms with Crippen LogP contribution in [0.1, 0.15) is 12.7 Å². The van der Waals surface area contributed by atoms with Gasteiger partial charge in [0, 0.05) is 19.2 Å². The van der Waals surface area contributed by atoms with Crippen LogP contribution in [0.15, 0.2) is 22.8 Å². The molecule has 2 fully saturated rings. The zero-order chi connectivity index (χ0) is 18.9. The van der Waals surface area contributed by atoms with E-state index in [4.69, 9.17) is 9.15 Å². The van der Waals surface area contributed by atoms with Gasteiger partial charge in [-0.15, -0.1) is 11.8 Å². The molecule has 10 heteroatoms. The Morgan fingerprint density at radius 3 is 2.88 bits per heavy atom. The predicted octanol–water partition coefficient (Wildman–Crippen LogP) is -0.144. The molecule has 2 saturated heterocycles. The van der Waals surface area contributed by atoms with Crippen molar-refractivity contribution in [3.8, 4) is 0 Å². The van der Waals surface area contributed by atoms with Crippen molar-refractivity contribution >= 4 is 35.5 Å². The van der Waals surface area contributed by atoms with Crippen molar-refractivity contribution in [2.24, 2.45) is 5.41 Å². The van der Waals surface area contributed by atoms with E-state index in [0.29, 0.717) is 5.76 Å². The molecule has 1 aromatic heterocycles. The molecule has 0 saturated carbocycles. The van der Waals surface area contributed by atoms with E-state index in [-0.39, 0.29) is 42.5 Å². The van der Waals surface area contributed by atoms with Gasteiger partial charge in [0.1, 0.15) is 29.2 Å². The Kier molecular flexibility index (Phi) is 4.94. The third-order valence-electron chi connectivity index (χ3n) is 4.38. The highest BCUT2D eigenvalue weighted by molar-refractivity contribution is 8.00. The number of hydrogen-bond acceptors (Lipinski definition) is 7. The number of furan rings is 1. The molecule has 140 valence electrons. The van der Waals surface area contributed by atoms with Crippen molar-refractivity contribution in [2.45, 2.75) is 24.8 Å². The maximum atomic E-state index is 12.4. The minimum Gasteiger partial charge on any atom is -0.481 e. The largest absolute Gasteiger partial charge is 0.481 e. The van der Waals surface area contributed by atoms with Crippen LogP contribution in [-0.2, 0) is 30.3 Å². The average Bonchev–Trinajstić information content (AvgIpc) is 3.10. The summed E-state index contributed by atoms with van der Waals surface area (Å²) in [7, 11) is 0. The first-order valence-electron chi connectivity index (χ1n) is 7.93. The molecule has 2 amide bonds. The zero-order valence-corrected chi connectivity index (χ0v) is 14.8. The Morgan fingerprint density at radius 2 is 2.27 bits per heavy atom. The average molecular weight is 382 g/mol. The number of aliphatic carboxylic acids is 1. The van der Waals surface area contributed by atoms with Gasteiger partial charge in [0.25, 0.3) is 0 Å². The number of nitrogens with one attached hydrogen (secondary N) is 1. The number of fused-ring (bicyclic) bond motifs is 1. The van der Waals surface area contributed by atoms with Crippen molar-refractivity contribution in [3.05, 3.63) is 24.2 Å². The molecule has 3 heterocycles. The number of carboxylic acid groups (broad SMARTS) is 1. The fourth-order valence-corrected chi connectivity index (χ4v) is 4.46. The Balaban J connectivity index is 1.60. The normalized spacial score (nSPS) is 27.3. The van der Waals surface area contributed by atoms with Gasteiger partial charge in [-0.2, -0.15) is 0 Å². The van der Waals surface area contributed by atoms with E-state index >= 15 is 0 Å².